The van der Waals surface area contributed by atoms with Crippen LogP contribution < -0.4 is 0 Å². The Hall–Kier alpha value is 0.270. The lowest BCUT2D eigenvalue weighted by Crippen LogP contribution is -2.49. The van der Waals surface area contributed by atoms with Crippen LogP contribution in [0.2, 0.25) is 0 Å². The summed E-state index contributed by atoms with van der Waals surface area (Å²) in [6.45, 7) is 2.48. The third kappa shape index (κ3) is 3.62. The van der Waals surface area contributed by atoms with Gasteiger partial charge >= 0.3 is 0 Å². The standard InChI is InChI=1S/C14H27NOS/c1-17-11-10-15-9-5-4-7-13(15)12-6-2-3-8-14(12)16/h12-14,16H,2-11H2,1H3. The van der Waals surface area contributed by atoms with Gasteiger partial charge < -0.3 is 5.11 Å². The van der Waals surface area contributed by atoms with Crippen molar-refractivity contribution in [2.45, 2.75) is 57.1 Å². The van der Waals surface area contributed by atoms with Gasteiger partial charge in [0.2, 0.25) is 0 Å². The molecule has 1 saturated heterocycles. The van der Waals surface area contributed by atoms with Crippen LogP contribution in [-0.2, 0) is 0 Å². The smallest absolute Gasteiger partial charge is 0.0583 e. The van der Waals surface area contributed by atoms with Crippen LogP contribution in [0.4, 0.5) is 0 Å². The lowest BCUT2D eigenvalue weighted by molar-refractivity contribution is -0.00320. The van der Waals surface area contributed by atoms with Gasteiger partial charge in [-0.1, -0.05) is 19.3 Å². The molecule has 2 fully saturated rings. The number of rotatable bonds is 4. The summed E-state index contributed by atoms with van der Waals surface area (Å²) in [5.74, 6) is 1.80. The molecular weight excluding hydrogens is 230 g/mol. The molecule has 17 heavy (non-hydrogen) atoms. The molecule has 0 amide bonds. The van der Waals surface area contributed by atoms with Gasteiger partial charge in [0.1, 0.15) is 0 Å². The summed E-state index contributed by atoms with van der Waals surface area (Å²) < 4.78 is 0. The van der Waals surface area contributed by atoms with E-state index in [1.807, 2.05) is 11.8 Å². The van der Waals surface area contributed by atoms with Crippen LogP contribution in [0.5, 0.6) is 0 Å². The predicted molar refractivity (Wildman–Crippen MR) is 75.6 cm³/mol. The van der Waals surface area contributed by atoms with Gasteiger partial charge in [-0.2, -0.15) is 11.8 Å². The molecule has 2 aliphatic rings. The molecule has 2 nitrogen and oxygen atoms in total. The van der Waals surface area contributed by atoms with Gasteiger partial charge in [-0.3, -0.25) is 4.90 Å². The van der Waals surface area contributed by atoms with Gasteiger partial charge in [0, 0.05) is 24.3 Å². The van der Waals surface area contributed by atoms with Crippen LogP contribution in [0.3, 0.4) is 0 Å². The molecule has 1 N–H and O–H groups in total. The zero-order valence-corrected chi connectivity index (χ0v) is 11.9. The van der Waals surface area contributed by atoms with Crippen LogP contribution in [0.15, 0.2) is 0 Å². The fraction of sp³-hybridized carbons (Fsp3) is 1.00. The number of piperidine rings is 1. The van der Waals surface area contributed by atoms with E-state index < -0.39 is 0 Å². The van der Waals surface area contributed by atoms with Crippen molar-refractivity contribution < 1.29 is 5.11 Å². The predicted octanol–water partition coefficient (Wildman–Crippen LogP) is 2.76. The largest absolute Gasteiger partial charge is 0.393 e. The fourth-order valence-corrected chi connectivity index (χ4v) is 3.99. The number of aliphatic hydroxyl groups excluding tert-OH is 1. The first kappa shape index (κ1) is 13.7. The number of hydrogen-bond donors (Lipinski definition) is 1. The second-order valence-corrected chi connectivity index (χ2v) is 6.59. The Bertz CT molecular complexity index is 224. The molecule has 0 aromatic rings. The Kier molecular flexibility index (Phi) is 5.64. The summed E-state index contributed by atoms with van der Waals surface area (Å²) in [4.78, 5) is 2.67. The van der Waals surface area contributed by atoms with Crippen LogP contribution >= 0.6 is 11.8 Å². The van der Waals surface area contributed by atoms with Gasteiger partial charge in [0.25, 0.3) is 0 Å². The molecule has 100 valence electrons. The van der Waals surface area contributed by atoms with Crippen LogP contribution in [-0.4, -0.2) is 47.3 Å². The number of aliphatic hydroxyl groups is 1. The van der Waals surface area contributed by atoms with E-state index in [2.05, 4.69) is 11.2 Å². The number of nitrogens with zero attached hydrogens (tertiary/aromatic N) is 1. The van der Waals surface area contributed by atoms with Crippen molar-refractivity contribution in [2.75, 3.05) is 25.1 Å². The maximum Gasteiger partial charge on any atom is 0.0583 e. The van der Waals surface area contributed by atoms with E-state index in [-0.39, 0.29) is 6.10 Å². The van der Waals surface area contributed by atoms with Crippen LogP contribution in [0.25, 0.3) is 0 Å². The Morgan fingerprint density at radius 3 is 2.65 bits per heavy atom. The first-order valence-corrected chi connectivity index (χ1v) is 8.63. The van der Waals surface area contributed by atoms with Crippen molar-refractivity contribution in [3.8, 4) is 0 Å². The normalized spacial score (nSPS) is 36.0. The Morgan fingerprint density at radius 1 is 1.12 bits per heavy atom. The maximum absolute atomic E-state index is 10.2. The molecule has 0 aromatic carbocycles. The minimum absolute atomic E-state index is 0.0244. The highest BCUT2D eigenvalue weighted by atomic mass is 32.2. The van der Waals surface area contributed by atoms with Gasteiger partial charge in [0.05, 0.1) is 6.10 Å². The summed E-state index contributed by atoms with van der Waals surface area (Å²) in [6.07, 6.45) is 11.0. The van der Waals surface area contributed by atoms with E-state index in [0.29, 0.717) is 12.0 Å². The molecule has 1 aliphatic carbocycles. The highest BCUT2D eigenvalue weighted by Crippen LogP contribution is 2.33. The quantitative estimate of drug-likeness (QED) is 0.838. The Labute approximate surface area is 110 Å². The highest BCUT2D eigenvalue weighted by molar-refractivity contribution is 7.98. The van der Waals surface area contributed by atoms with Crippen molar-refractivity contribution in [3.05, 3.63) is 0 Å². The number of likely N-dealkylation sites (tertiary alicyclic amines) is 1. The molecule has 0 aromatic heterocycles. The summed E-state index contributed by atoms with van der Waals surface area (Å²) in [5, 5.41) is 10.2. The molecule has 0 radical (unpaired) electrons. The van der Waals surface area contributed by atoms with Crippen LogP contribution in [0, 0.1) is 5.92 Å². The molecule has 3 heteroatoms. The Morgan fingerprint density at radius 2 is 1.88 bits per heavy atom. The van der Waals surface area contributed by atoms with Crippen LogP contribution in [0.1, 0.15) is 44.9 Å². The topological polar surface area (TPSA) is 23.5 Å². The van der Waals surface area contributed by atoms with Crippen molar-refractivity contribution in [1.82, 2.24) is 4.90 Å². The summed E-state index contributed by atoms with van der Waals surface area (Å²) in [5.41, 5.74) is 0. The van der Waals surface area contributed by atoms with E-state index >= 15 is 0 Å². The minimum atomic E-state index is -0.0244. The molecule has 2 rings (SSSR count). The average molecular weight is 257 g/mol. The lowest BCUT2D eigenvalue weighted by Gasteiger charge is -2.43. The fourth-order valence-electron chi connectivity index (χ4n) is 3.58. The van der Waals surface area contributed by atoms with Gasteiger partial charge in [-0.05, 0) is 38.5 Å². The monoisotopic (exact) mass is 257 g/mol. The molecule has 3 unspecified atom stereocenters. The molecule has 1 heterocycles. The molecule has 1 saturated carbocycles. The van der Waals surface area contributed by atoms with Crippen molar-refractivity contribution in [3.63, 3.8) is 0 Å². The molecule has 0 bridgehead atoms. The summed E-state index contributed by atoms with van der Waals surface area (Å²) >= 11 is 1.94. The molecular formula is C14H27NOS. The van der Waals surface area contributed by atoms with E-state index in [4.69, 9.17) is 0 Å². The van der Waals surface area contributed by atoms with Gasteiger partial charge in [-0.25, -0.2) is 0 Å². The molecule has 0 spiro atoms. The van der Waals surface area contributed by atoms with E-state index in [1.54, 1.807) is 0 Å². The lowest BCUT2D eigenvalue weighted by atomic mass is 9.78. The molecule has 1 aliphatic heterocycles. The SMILES string of the molecule is CSCCN1CCCCC1C1CCCCC1O. The minimum Gasteiger partial charge on any atom is -0.393 e. The zero-order chi connectivity index (χ0) is 12.1. The maximum atomic E-state index is 10.2. The summed E-state index contributed by atoms with van der Waals surface area (Å²) in [6, 6.07) is 0.672. The van der Waals surface area contributed by atoms with Crippen molar-refractivity contribution >= 4 is 11.8 Å². The third-order valence-corrected chi connectivity index (χ3v) is 5.11. The number of hydrogen-bond acceptors (Lipinski definition) is 3. The Balaban J connectivity index is 1.94. The average Bonchev–Trinajstić information content (AvgIpc) is 2.37. The van der Waals surface area contributed by atoms with E-state index in [0.717, 1.165) is 6.42 Å². The second kappa shape index (κ2) is 7.01. The van der Waals surface area contributed by atoms with Gasteiger partial charge in [0.15, 0.2) is 0 Å². The summed E-state index contributed by atoms with van der Waals surface area (Å²) in [7, 11) is 0. The first-order valence-electron chi connectivity index (χ1n) is 7.24. The third-order valence-electron chi connectivity index (χ3n) is 4.52. The van der Waals surface area contributed by atoms with E-state index in [1.165, 1.54) is 57.4 Å². The van der Waals surface area contributed by atoms with Crippen molar-refractivity contribution in [1.29, 1.82) is 0 Å². The van der Waals surface area contributed by atoms with Gasteiger partial charge in [-0.15, -0.1) is 0 Å². The number of thioether (sulfide) groups is 1. The molecule has 3 atom stereocenters. The first-order chi connectivity index (χ1) is 8.33. The highest BCUT2D eigenvalue weighted by Gasteiger charge is 2.35. The van der Waals surface area contributed by atoms with E-state index in [9.17, 15) is 5.11 Å². The van der Waals surface area contributed by atoms with Crippen molar-refractivity contribution in [2.24, 2.45) is 5.92 Å². The second-order valence-electron chi connectivity index (χ2n) is 5.61. The zero-order valence-electron chi connectivity index (χ0n) is 11.1.